The van der Waals surface area contributed by atoms with E-state index >= 15 is 0 Å². The van der Waals surface area contributed by atoms with Gasteiger partial charge >= 0.3 is 0 Å². The minimum absolute atomic E-state index is 0.0446. The summed E-state index contributed by atoms with van der Waals surface area (Å²) in [5.41, 5.74) is 3.33. The maximum absolute atomic E-state index is 13.8. The van der Waals surface area contributed by atoms with Gasteiger partial charge in [0.1, 0.15) is 0 Å². The number of methoxy groups -OCH3 is 1. The number of ether oxygens (including phenoxy) is 1. The Hall–Kier alpha value is -4.10. The second kappa shape index (κ2) is 8.60. The smallest absolute Gasteiger partial charge is 0.294 e. The van der Waals surface area contributed by atoms with Crippen LogP contribution in [-0.2, 0) is 4.79 Å². The van der Waals surface area contributed by atoms with Gasteiger partial charge < -0.3 is 14.3 Å². The first kappa shape index (κ1) is 22.7. The molecule has 0 saturated carbocycles. The van der Waals surface area contributed by atoms with Crippen LogP contribution in [-0.4, -0.2) is 28.9 Å². The number of halogens is 1. The van der Waals surface area contributed by atoms with Crippen LogP contribution in [0.15, 0.2) is 76.7 Å². The van der Waals surface area contributed by atoms with E-state index in [4.69, 9.17) is 20.8 Å². The Morgan fingerprint density at radius 3 is 2.60 bits per heavy atom. The fourth-order valence-electron chi connectivity index (χ4n) is 4.43. The predicted molar refractivity (Wildman–Crippen MR) is 132 cm³/mol. The number of aromatic nitrogens is 1. The third kappa shape index (κ3) is 3.65. The molecule has 2 aromatic heterocycles. The van der Waals surface area contributed by atoms with E-state index < -0.39 is 23.5 Å². The topological polar surface area (TPSA) is 92.9 Å². The summed E-state index contributed by atoms with van der Waals surface area (Å²) < 4.78 is 11.2. The van der Waals surface area contributed by atoms with Crippen LogP contribution < -0.4 is 9.64 Å². The summed E-state index contributed by atoms with van der Waals surface area (Å²) >= 11 is 6.17. The van der Waals surface area contributed by atoms with Crippen LogP contribution in [0.4, 0.5) is 5.69 Å². The second-order valence-electron chi connectivity index (χ2n) is 8.31. The van der Waals surface area contributed by atoms with Crippen molar-refractivity contribution in [3.8, 4) is 5.75 Å². The summed E-state index contributed by atoms with van der Waals surface area (Å²) in [6.07, 6.45) is 3.15. The largest absolute Gasteiger partial charge is 0.503 e. The molecular weight excluding hydrogens is 468 g/mol. The van der Waals surface area contributed by atoms with Crippen molar-refractivity contribution in [3.63, 3.8) is 0 Å². The first-order chi connectivity index (χ1) is 16.8. The van der Waals surface area contributed by atoms with Gasteiger partial charge in [-0.2, -0.15) is 0 Å². The number of amides is 1. The summed E-state index contributed by atoms with van der Waals surface area (Å²) in [7, 11) is 1.47. The lowest BCUT2D eigenvalue weighted by Crippen LogP contribution is -2.31. The molecule has 0 spiro atoms. The molecule has 7 nitrogen and oxygen atoms in total. The molecule has 1 unspecified atom stereocenters. The lowest BCUT2D eigenvalue weighted by molar-refractivity contribution is -0.117. The highest BCUT2D eigenvalue weighted by atomic mass is 35.5. The molecule has 35 heavy (non-hydrogen) atoms. The number of nitrogens with zero attached hydrogens (tertiary/aromatic N) is 2. The van der Waals surface area contributed by atoms with Crippen molar-refractivity contribution in [2.45, 2.75) is 19.9 Å². The number of benzene rings is 2. The number of aliphatic hydroxyl groups is 1. The highest BCUT2D eigenvalue weighted by Gasteiger charge is 2.46. The van der Waals surface area contributed by atoms with Crippen LogP contribution in [0.1, 0.15) is 33.3 Å². The van der Waals surface area contributed by atoms with E-state index in [2.05, 4.69) is 4.98 Å². The Kier molecular flexibility index (Phi) is 5.57. The first-order valence-electron chi connectivity index (χ1n) is 10.9. The molecule has 5 rings (SSSR count). The molecular formula is C27H21ClN2O5. The van der Waals surface area contributed by atoms with Gasteiger partial charge in [0, 0.05) is 34.6 Å². The normalized spacial score (nSPS) is 15.8. The van der Waals surface area contributed by atoms with Gasteiger partial charge in [0.2, 0.25) is 5.78 Å². The van der Waals surface area contributed by atoms with Crippen LogP contribution in [0.25, 0.3) is 11.0 Å². The monoisotopic (exact) mass is 488 g/mol. The van der Waals surface area contributed by atoms with Crippen molar-refractivity contribution in [1.29, 1.82) is 0 Å². The number of aryl methyl sites for hydroxylation is 1. The molecule has 1 N–H and O–H groups in total. The van der Waals surface area contributed by atoms with E-state index in [1.165, 1.54) is 18.1 Å². The maximum atomic E-state index is 13.8. The quantitative estimate of drug-likeness (QED) is 0.352. The van der Waals surface area contributed by atoms with Gasteiger partial charge in [-0.15, -0.1) is 0 Å². The minimum atomic E-state index is -0.878. The average Bonchev–Trinajstić information content (AvgIpc) is 3.39. The van der Waals surface area contributed by atoms with E-state index in [9.17, 15) is 14.7 Å². The molecule has 1 aliphatic rings. The number of hydrogen-bond acceptors (Lipinski definition) is 6. The highest BCUT2D eigenvalue weighted by molar-refractivity contribution is 6.31. The molecule has 0 radical (unpaired) electrons. The molecule has 0 saturated heterocycles. The van der Waals surface area contributed by atoms with Gasteiger partial charge in [0.05, 0.1) is 18.7 Å². The Bertz CT molecular complexity index is 1520. The fraction of sp³-hybridized carbons (Fsp3) is 0.148. The zero-order valence-electron chi connectivity index (χ0n) is 19.2. The van der Waals surface area contributed by atoms with Gasteiger partial charge in [0.25, 0.3) is 5.91 Å². The summed E-state index contributed by atoms with van der Waals surface area (Å²) in [5.74, 6) is -1.57. The molecule has 176 valence electrons. The van der Waals surface area contributed by atoms with Crippen molar-refractivity contribution in [3.05, 3.63) is 99.7 Å². The van der Waals surface area contributed by atoms with Crippen molar-refractivity contribution < 1.29 is 23.8 Å². The molecule has 2 aromatic carbocycles. The lowest BCUT2D eigenvalue weighted by Gasteiger charge is -2.28. The standard InChI is InChI=1S/C27H21ClN2O5/c1-14-5-4-6-19(15(14)2)30-23(16-7-9-29-10-8-16)22(25(32)27(30)33)24(31)20-12-17-11-18(28)13-21(34-3)26(17)35-20/h4-13,23,32H,1-3H3. The molecule has 0 bridgehead atoms. The summed E-state index contributed by atoms with van der Waals surface area (Å²) in [4.78, 5) is 32.7. The predicted octanol–water partition coefficient (Wildman–Crippen LogP) is 5.89. The first-order valence-corrected chi connectivity index (χ1v) is 11.2. The van der Waals surface area contributed by atoms with Gasteiger partial charge in [-0.1, -0.05) is 23.7 Å². The SMILES string of the molecule is COc1cc(Cl)cc2cc(C(=O)C3=C(O)C(=O)N(c4cccc(C)c4C)C3c3ccncc3)oc12. The number of fused-ring (bicyclic) bond motifs is 1. The average molecular weight is 489 g/mol. The number of carbonyl (C=O) groups is 2. The minimum Gasteiger partial charge on any atom is -0.503 e. The third-order valence-corrected chi connectivity index (χ3v) is 6.52. The molecule has 0 aliphatic carbocycles. The summed E-state index contributed by atoms with van der Waals surface area (Å²) in [6.45, 7) is 3.83. The molecule has 3 heterocycles. The second-order valence-corrected chi connectivity index (χ2v) is 8.74. The van der Waals surface area contributed by atoms with Crippen LogP contribution >= 0.6 is 11.6 Å². The molecule has 0 fully saturated rings. The lowest BCUT2D eigenvalue weighted by atomic mass is 9.95. The number of carbonyl (C=O) groups excluding carboxylic acids is 2. The van der Waals surface area contributed by atoms with Crippen LogP contribution in [0.3, 0.4) is 0 Å². The van der Waals surface area contributed by atoms with E-state index in [0.29, 0.717) is 33.0 Å². The Morgan fingerprint density at radius 2 is 1.89 bits per heavy atom. The summed E-state index contributed by atoms with van der Waals surface area (Å²) in [6, 6.07) is 12.9. The number of rotatable bonds is 5. The number of furan rings is 1. The summed E-state index contributed by atoms with van der Waals surface area (Å²) in [5, 5.41) is 12.0. The number of ketones is 1. The fourth-order valence-corrected chi connectivity index (χ4v) is 4.64. The number of aliphatic hydroxyl groups excluding tert-OH is 1. The Balaban J connectivity index is 1.68. The van der Waals surface area contributed by atoms with Crippen molar-refractivity contribution in [2.75, 3.05) is 12.0 Å². The van der Waals surface area contributed by atoms with E-state index in [1.807, 2.05) is 26.0 Å². The zero-order valence-corrected chi connectivity index (χ0v) is 20.0. The van der Waals surface area contributed by atoms with Gasteiger partial charge in [0.15, 0.2) is 22.9 Å². The van der Waals surface area contributed by atoms with E-state index in [0.717, 1.165) is 11.1 Å². The molecule has 1 aliphatic heterocycles. The Labute approximate surface area is 206 Å². The van der Waals surface area contributed by atoms with Crippen molar-refractivity contribution >= 4 is 39.9 Å². The zero-order chi connectivity index (χ0) is 24.9. The molecule has 8 heteroatoms. The van der Waals surface area contributed by atoms with Gasteiger partial charge in [-0.25, -0.2) is 0 Å². The third-order valence-electron chi connectivity index (χ3n) is 6.30. The van der Waals surface area contributed by atoms with Gasteiger partial charge in [-0.3, -0.25) is 19.5 Å². The maximum Gasteiger partial charge on any atom is 0.294 e. The molecule has 1 amide bonds. The number of Topliss-reactive ketones (excluding diaryl/α,β-unsaturated/α-hetero) is 1. The van der Waals surface area contributed by atoms with Crippen LogP contribution in [0.2, 0.25) is 5.02 Å². The van der Waals surface area contributed by atoms with Crippen molar-refractivity contribution in [2.24, 2.45) is 0 Å². The number of pyridine rings is 1. The molecule has 4 aromatic rings. The number of hydrogen-bond donors (Lipinski definition) is 1. The van der Waals surface area contributed by atoms with Crippen molar-refractivity contribution in [1.82, 2.24) is 4.98 Å². The van der Waals surface area contributed by atoms with E-state index in [1.54, 1.807) is 42.7 Å². The Morgan fingerprint density at radius 1 is 1.14 bits per heavy atom. The van der Waals surface area contributed by atoms with Gasteiger partial charge in [-0.05, 0) is 60.9 Å². The highest BCUT2D eigenvalue weighted by Crippen LogP contribution is 2.44. The van der Waals surface area contributed by atoms with Crippen LogP contribution in [0, 0.1) is 13.8 Å². The van der Waals surface area contributed by atoms with E-state index in [-0.39, 0.29) is 11.3 Å². The van der Waals surface area contributed by atoms with Crippen LogP contribution in [0.5, 0.6) is 5.75 Å². The number of anilines is 1. The molecule has 1 atom stereocenters.